The van der Waals surface area contributed by atoms with Gasteiger partial charge in [-0.05, 0) is 24.1 Å². The number of halogens is 1. The van der Waals surface area contributed by atoms with Gasteiger partial charge in [-0.3, -0.25) is 4.79 Å². The van der Waals surface area contributed by atoms with Crippen LogP contribution in [0.25, 0.3) is 0 Å². The predicted octanol–water partition coefficient (Wildman–Crippen LogP) is 2.05. The molecule has 1 aromatic rings. The molecule has 1 unspecified atom stereocenters. The van der Waals surface area contributed by atoms with Crippen molar-refractivity contribution >= 4 is 17.6 Å². The lowest BCUT2D eigenvalue weighted by molar-refractivity contribution is -0.142. The van der Waals surface area contributed by atoms with E-state index in [2.05, 4.69) is 0 Å². The third-order valence-electron chi connectivity index (χ3n) is 2.22. The molecule has 0 heterocycles. The molecule has 0 bridgehead atoms. The number of benzene rings is 1. The average Bonchev–Trinajstić information content (AvgIpc) is 2.26. The number of hydrogen-bond donors (Lipinski definition) is 1. The van der Waals surface area contributed by atoms with Crippen molar-refractivity contribution in [2.75, 3.05) is 13.2 Å². The van der Waals surface area contributed by atoms with Gasteiger partial charge in [0, 0.05) is 24.5 Å². The van der Waals surface area contributed by atoms with Gasteiger partial charge in [0.15, 0.2) is 0 Å². The molecule has 1 rings (SSSR count). The highest BCUT2D eigenvalue weighted by Crippen LogP contribution is 2.13. The summed E-state index contributed by atoms with van der Waals surface area (Å²) in [6, 6.07) is 7.41. The van der Waals surface area contributed by atoms with Crippen molar-refractivity contribution in [1.29, 1.82) is 0 Å². The average molecular weight is 243 g/mol. The first-order valence-electron chi connectivity index (χ1n) is 5.10. The molecule has 0 saturated carbocycles. The van der Waals surface area contributed by atoms with Crippen LogP contribution in [0.15, 0.2) is 24.3 Å². The number of aliphatic hydroxyl groups is 1. The monoisotopic (exact) mass is 242 g/mol. The SMILES string of the molecule is CC(=O)OCC(CO)Cc1ccc(Cl)cc1. The highest BCUT2D eigenvalue weighted by Gasteiger charge is 2.10. The van der Waals surface area contributed by atoms with Crippen molar-refractivity contribution in [1.82, 2.24) is 0 Å². The Balaban J connectivity index is 2.49. The van der Waals surface area contributed by atoms with Crippen LogP contribution in [0.4, 0.5) is 0 Å². The highest BCUT2D eigenvalue weighted by atomic mass is 35.5. The lowest BCUT2D eigenvalue weighted by Gasteiger charge is -2.13. The Morgan fingerprint density at radius 1 is 1.44 bits per heavy atom. The van der Waals surface area contributed by atoms with Crippen molar-refractivity contribution in [2.24, 2.45) is 5.92 Å². The summed E-state index contributed by atoms with van der Waals surface area (Å²) in [5.74, 6) is -0.389. The molecular formula is C12H15ClO3. The van der Waals surface area contributed by atoms with Gasteiger partial charge in [-0.25, -0.2) is 0 Å². The molecular weight excluding hydrogens is 228 g/mol. The third kappa shape index (κ3) is 4.64. The fourth-order valence-corrected chi connectivity index (χ4v) is 1.49. The fourth-order valence-electron chi connectivity index (χ4n) is 1.37. The topological polar surface area (TPSA) is 46.5 Å². The number of ether oxygens (including phenoxy) is 1. The number of esters is 1. The molecule has 3 nitrogen and oxygen atoms in total. The zero-order valence-electron chi connectivity index (χ0n) is 9.15. The van der Waals surface area contributed by atoms with Gasteiger partial charge in [0.1, 0.15) is 0 Å². The van der Waals surface area contributed by atoms with Crippen LogP contribution in [-0.2, 0) is 16.0 Å². The Kier molecular flexibility index (Phi) is 5.29. The van der Waals surface area contributed by atoms with Crippen LogP contribution >= 0.6 is 11.6 Å². The summed E-state index contributed by atoms with van der Waals surface area (Å²) in [5.41, 5.74) is 1.07. The van der Waals surface area contributed by atoms with E-state index in [4.69, 9.17) is 21.4 Å². The van der Waals surface area contributed by atoms with E-state index >= 15 is 0 Å². The summed E-state index contributed by atoms with van der Waals surface area (Å²) in [4.78, 5) is 10.6. The molecule has 1 aromatic carbocycles. The first kappa shape index (κ1) is 13.0. The molecule has 1 N–H and O–H groups in total. The quantitative estimate of drug-likeness (QED) is 0.804. The molecule has 0 amide bonds. The first-order chi connectivity index (χ1) is 7.61. The lowest BCUT2D eigenvalue weighted by atomic mass is 10.0. The molecule has 88 valence electrons. The van der Waals surface area contributed by atoms with Crippen LogP contribution in [0, 0.1) is 5.92 Å². The predicted molar refractivity (Wildman–Crippen MR) is 62.4 cm³/mol. The molecule has 0 fully saturated rings. The van der Waals surface area contributed by atoms with Crippen molar-refractivity contribution in [3.8, 4) is 0 Å². The van der Waals surface area contributed by atoms with Crippen molar-refractivity contribution < 1.29 is 14.6 Å². The summed E-state index contributed by atoms with van der Waals surface area (Å²) >= 11 is 5.77. The molecule has 0 spiro atoms. The van der Waals surface area contributed by atoms with E-state index in [1.807, 2.05) is 12.1 Å². The highest BCUT2D eigenvalue weighted by molar-refractivity contribution is 6.30. The number of hydrogen-bond acceptors (Lipinski definition) is 3. The summed E-state index contributed by atoms with van der Waals surface area (Å²) in [5, 5.41) is 9.82. The Hall–Kier alpha value is -1.06. The van der Waals surface area contributed by atoms with Gasteiger partial charge in [0.25, 0.3) is 0 Å². The summed E-state index contributed by atoms with van der Waals surface area (Å²) < 4.78 is 4.87. The minimum atomic E-state index is -0.324. The van der Waals surface area contributed by atoms with Gasteiger partial charge in [-0.15, -0.1) is 0 Å². The second-order valence-corrected chi connectivity index (χ2v) is 4.12. The van der Waals surface area contributed by atoms with E-state index in [0.29, 0.717) is 11.4 Å². The Morgan fingerprint density at radius 2 is 2.06 bits per heavy atom. The smallest absolute Gasteiger partial charge is 0.302 e. The van der Waals surface area contributed by atoms with Crippen LogP contribution in [0.5, 0.6) is 0 Å². The summed E-state index contributed by atoms with van der Waals surface area (Å²) in [6.07, 6.45) is 0.668. The van der Waals surface area contributed by atoms with Crippen LogP contribution in [0.1, 0.15) is 12.5 Å². The number of rotatable bonds is 5. The Bertz CT molecular complexity index is 335. The molecule has 16 heavy (non-hydrogen) atoms. The second-order valence-electron chi connectivity index (χ2n) is 3.68. The maximum atomic E-state index is 10.6. The van der Waals surface area contributed by atoms with Crippen molar-refractivity contribution in [3.63, 3.8) is 0 Å². The maximum absolute atomic E-state index is 10.6. The van der Waals surface area contributed by atoms with Crippen LogP contribution in [0.2, 0.25) is 5.02 Å². The zero-order valence-corrected chi connectivity index (χ0v) is 9.91. The largest absolute Gasteiger partial charge is 0.465 e. The van der Waals surface area contributed by atoms with Gasteiger partial charge < -0.3 is 9.84 Å². The molecule has 0 radical (unpaired) electrons. The number of carbonyl (C=O) groups is 1. The lowest BCUT2D eigenvalue weighted by Crippen LogP contribution is -2.18. The minimum absolute atomic E-state index is 0.00406. The molecule has 4 heteroatoms. The minimum Gasteiger partial charge on any atom is -0.465 e. The third-order valence-corrected chi connectivity index (χ3v) is 2.47. The standard InChI is InChI=1S/C12H15ClO3/c1-9(15)16-8-11(7-14)6-10-2-4-12(13)5-3-10/h2-5,11,14H,6-8H2,1H3. The normalized spacial score (nSPS) is 12.2. The Labute approximate surface area is 100.0 Å². The van der Waals surface area contributed by atoms with Gasteiger partial charge in [0.05, 0.1) is 6.61 Å². The van der Waals surface area contributed by atoms with E-state index in [9.17, 15) is 4.79 Å². The van der Waals surface area contributed by atoms with Crippen LogP contribution in [0.3, 0.4) is 0 Å². The van der Waals surface area contributed by atoms with Gasteiger partial charge >= 0.3 is 5.97 Å². The van der Waals surface area contributed by atoms with Crippen molar-refractivity contribution in [3.05, 3.63) is 34.9 Å². The van der Waals surface area contributed by atoms with Gasteiger partial charge in [0.2, 0.25) is 0 Å². The molecule has 0 aliphatic heterocycles. The first-order valence-corrected chi connectivity index (χ1v) is 5.48. The van der Waals surface area contributed by atoms with E-state index < -0.39 is 0 Å². The van der Waals surface area contributed by atoms with Gasteiger partial charge in [-0.2, -0.15) is 0 Å². The molecule has 0 aromatic heterocycles. The van der Waals surface area contributed by atoms with Crippen LogP contribution < -0.4 is 0 Å². The van der Waals surface area contributed by atoms with E-state index in [1.165, 1.54) is 6.92 Å². The maximum Gasteiger partial charge on any atom is 0.302 e. The Morgan fingerprint density at radius 3 is 2.56 bits per heavy atom. The van der Waals surface area contributed by atoms with E-state index in [0.717, 1.165) is 5.56 Å². The van der Waals surface area contributed by atoms with Gasteiger partial charge in [-0.1, -0.05) is 23.7 Å². The fraction of sp³-hybridized carbons (Fsp3) is 0.417. The van der Waals surface area contributed by atoms with Crippen LogP contribution in [-0.4, -0.2) is 24.3 Å². The molecule has 0 aliphatic carbocycles. The second kappa shape index (κ2) is 6.51. The number of carbonyl (C=O) groups excluding carboxylic acids is 1. The van der Waals surface area contributed by atoms with E-state index in [1.54, 1.807) is 12.1 Å². The number of aliphatic hydroxyl groups excluding tert-OH is 1. The van der Waals surface area contributed by atoms with Crippen molar-refractivity contribution in [2.45, 2.75) is 13.3 Å². The summed E-state index contributed by atoms with van der Waals surface area (Å²) in [7, 11) is 0. The molecule has 0 aliphatic rings. The van der Waals surface area contributed by atoms with E-state index in [-0.39, 0.29) is 25.1 Å². The molecule has 1 atom stereocenters. The summed E-state index contributed by atoms with van der Waals surface area (Å²) in [6.45, 7) is 1.60. The zero-order chi connectivity index (χ0) is 12.0. The molecule has 0 saturated heterocycles.